The fraction of sp³-hybridized carbons (Fsp3) is 0.364. The van der Waals surface area contributed by atoms with Gasteiger partial charge in [-0.2, -0.15) is 0 Å². The Kier molecular flexibility index (Phi) is 14.5. The predicted octanol–water partition coefficient (Wildman–Crippen LogP) is 2.87. The Bertz CT molecular complexity index is 149. The quantitative estimate of drug-likeness (QED) is 0.358. The molecule has 0 atom stereocenters. The van der Waals surface area contributed by atoms with Crippen molar-refractivity contribution in [2.45, 2.75) is 19.8 Å². The standard InChI is InChI=1S/C6H12O.C5H6O/c1-3-5-6-7-4-2;1-3-5(6)4-2/h4H,2-3,5-6H2,1H3;3-4H,1-2H2. The molecule has 0 aromatic carbocycles. The van der Waals surface area contributed by atoms with Crippen molar-refractivity contribution in [3.8, 4) is 0 Å². The van der Waals surface area contributed by atoms with E-state index in [9.17, 15) is 4.79 Å². The van der Waals surface area contributed by atoms with Crippen LogP contribution in [0.1, 0.15) is 19.8 Å². The largest absolute Gasteiger partial charge is 0.502 e. The number of hydrogen-bond donors (Lipinski definition) is 0. The lowest BCUT2D eigenvalue weighted by atomic mass is 10.4. The summed E-state index contributed by atoms with van der Waals surface area (Å²) in [6.07, 6.45) is 6.23. The third-order valence-electron chi connectivity index (χ3n) is 1.14. The molecule has 74 valence electrons. The second kappa shape index (κ2) is 13.3. The van der Waals surface area contributed by atoms with Crippen LogP contribution in [0.5, 0.6) is 0 Å². The van der Waals surface area contributed by atoms with E-state index in [1.165, 1.54) is 24.8 Å². The minimum absolute atomic E-state index is 0.130. The first kappa shape index (κ1) is 14.2. The maximum absolute atomic E-state index is 9.94. The van der Waals surface area contributed by atoms with Crippen molar-refractivity contribution in [3.05, 3.63) is 38.2 Å². The first-order valence-electron chi connectivity index (χ1n) is 4.24. The van der Waals surface area contributed by atoms with Crippen molar-refractivity contribution in [3.63, 3.8) is 0 Å². The summed E-state index contributed by atoms with van der Waals surface area (Å²) in [7, 11) is 0. The molecule has 0 aromatic rings. The summed E-state index contributed by atoms with van der Waals surface area (Å²) >= 11 is 0. The van der Waals surface area contributed by atoms with Gasteiger partial charge in [0.1, 0.15) is 0 Å². The van der Waals surface area contributed by atoms with Crippen molar-refractivity contribution in [2.75, 3.05) is 6.61 Å². The van der Waals surface area contributed by atoms with E-state index in [0.717, 1.165) is 13.0 Å². The second-order valence-electron chi connectivity index (χ2n) is 2.20. The average molecular weight is 182 g/mol. The Morgan fingerprint density at radius 3 is 2.08 bits per heavy atom. The number of rotatable bonds is 6. The molecule has 0 amide bonds. The van der Waals surface area contributed by atoms with E-state index in [-0.39, 0.29) is 5.78 Å². The first-order chi connectivity index (χ1) is 6.22. The molecule has 13 heavy (non-hydrogen) atoms. The van der Waals surface area contributed by atoms with Crippen LogP contribution in [0, 0.1) is 0 Å². The van der Waals surface area contributed by atoms with Crippen molar-refractivity contribution in [1.29, 1.82) is 0 Å². The Balaban J connectivity index is 0. The Morgan fingerprint density at radius 2 is 1.85 bits per heavy atom. The maximum atomic E-state index is 9.94. The highest BCUT2D eigenvalue weighted by molar-refractivity contribution is 5.98. The summed E-state index contributed by atoms with van der Waals surface area (Å²) in [6, 6.07) is 0. The summed E-state index contributed by atoms with van der Waals surface area (Å²) in [5, 5.41) is 0. The molecule has 2 heteroatoms. The van der Waals surface area contributed by atoms with Gasteiger partial charge in [0.15, 0.2) is 5.78 Å². The van der Waals surface area contributed by atoms with Gasteiger partial charge in [0.05, 0.1) is 12.9 Å². The minimum atomic E-state index is -0.130. The number of carbonyl (C=O) groups is 1. The molecule has 0 aromatic heterocycles. The van der Waals surface area contributed by atoms with E-state index >= 15 is 0 Å². The average Bonchev–Trinajstić information content (AvgIpc) is 2.18. The van der Waals surface area contributed by atoms with Gasteiger partial charge >= 0.3 is 0 Å². The zero-order valence-electron chi connectivity index (χ0n) is 8.29. The van der Waals surface area contributed by atoms with E-state index in [4.69, 9.17) is 4.74 Å². The van der Waals surface area contributed by atoms with Crippen LogP contribution in [0.4, 0.5) is 0 Å². The zero-order valence-corrected chi connectivity index (χ0v) is 8.29. The molecule has 0 radical (unpaired) electrons. The van der Waals surface area contributed by atoms with E-state index in [1.807, 2.05) is 0 Å². The Morgan fingerprint density at radius 1 is 1.31 bits per heavy atom. The molecule has 0 N–H and O–H groups in total. The SMILES string of the molecule is C=CC(=O)C=C.C=COCCCC. The third-order valence-corrected chi connectivity index (χ3v) is 1.14. The van der Waals surface area contributed by atoms with Crippen LogP contribution in [0.15, 0.2) is 38.2 Å². The molecule has 0 unspecified atom stereocenters. The van der Waals surface area contributed by atoms with Crippen LogP contribution in [-0.4, -0.2) is 12.4 Å². The third kappa shape index (κ3) is 18.0. The summed E-state index contributed by atoms with van der Waals surface area (Å²) in [5.74, 6) is -0.130. The first-order valence-corrected chi connectivity index (χ1v) is 4.24. The lowest BCUT2D eigenvalue weighted by Gasteiger charge is -1.93. The van der Waals surface area contributed by atoms with Crippen LogP contribution in [-0.2, 0) is 9.53 Å². The van der Waals surface area contributed by atoms with E-state index in [0.29, 0.717) is 0 Å². The van der Waals surface area contributed by atoms with Crippen LogP contribution in [0.3, 0.4) is 0 Å². The van der Waals surface area contributed by atoms with Gasteiger partial charge in [-0.3, -0.25) is 4.79 Å². The molecule has 2 nitrogen and oxygen atoms in total. The molecule has 0 saturated heterocycles. The van der Waals surface area contributed by atoms with Gasteiger partial charge in [-0.05, 0) is 18.6 Å². The monoisotopic (exact) mass is 182 g/mol. The van der Waals surface area contributed by atoms with Gasteiger partial charge in [0.2, 0.25) is 0 Å². The molecule has 0 aliphatic heterocycles. The Hall–Kier alpha value is -1.31. The highest BCUT2D eigenvalue weighted by Gasteiger charge is 1.76. The van der Waals surface area contributed by atoms with Crippen molar-refractivity contribution in [1.82, 2.24) is 0 Å². The molecule has 0 rings (SSSR count). The second-order valence-corrected chi connectivity index (χ2v) is 2.20. The molecule has 0 fully saturated rings. The highest BCUT2D eigenvalue weighted by Crippen LogP contribution is 1.85. The lowest BCUT2D eigenvalue weighted by molar-refractivity contribution is -0.110. The molecular weight excluding hydrogens is 164 g/mol. The van der Waals surface area contributed by atoms with Gasteiger partial charge in [-0.15, -0.1) is 0 Å². The van der Waals surface area contributed by atoms with Crippen LogP contribution < -0.4 is 0 Å². The highest BCUT2D eigenvalue weighted by atomic mass is 16.5. The minimum Gasteiger partial charge on any atom is -0.502 e. The summed E-state index contributed by atoms with van der Waals surface area (Å²) in [5.41, 5.74) is 0. The molecule has 0 saturated carbocycles. The van der Waals surface area contributed by atoms with E-state index < -0.39 is 0 Å². The predicted molar refractivity (Wildman–Crippen MR) is 56.5 cm³/mol. The number of carbonyl (C=O) groups excluding carboxylic acids is 1. The van der Waals surface area contributed by atoms with Gasteiger partial charge in [0, 0.05) is 0 Å². The molecular formula is C11H18O2. The van der Waals surface area contributed by atoms with E-state index in [1.54, 1.807) is 0 Å². The molecule has 0 heterocycles. The smallest absolute Gasteiger partial charge is 0.177 e. The molecule has 0 bridgehead atoms. The Labute approximate surface area is 80.6 Å². The number of allylic oxidation sites excluding steroid dienone is 2. The van der Waals surface area contributed by atoms with Gasteiger partial charge in [-0.1, -0.05) is 33.1 Å². The number of ketones is 1. The van der Waals surface area contributed by atoms with Gasteiger partial charge in [-0.25, -0.2) is 0 Å². The van der Waals surface area contributed by atoms with E-state index in [2.05, 4.69) is 26.7 Å². The summed E-state index contributed by atoms with van der Waals surface area (Å²) in [4.78, 5) is 9.94. The van der Waals surface area contributed by atoms with Gasteiger partial charge < -0.3 is 4.74 Å². The lowest BCUT2D eigenvalue weighted by Crippen LogP contribution is -1.83. The van der Waals surface area contributed by atoms with Crippen molar-refractivity contribution < 1.29 is 9.53 Å². The van der Waals surface area contributed by atoms with Crippen molar-refractivity contribution in [2.24, 2.45) is 0 Å². The van der Waals surface area contributed by atoms with Crippen molar-refractivity contribution >= 4 is 5.78 Å². The summed E-state index contributed by atoms with van der Waals surface area (Å²) in [6.45, 7) is 12.8. The summed E-state index contributed by atoms with van der Waals surface area (Å²) < 4.78 is 4.84. The molecule has 0 aliphatic rings. The fourth-order valence-electron chi connectivity index (χ4n) is 0.394. The molecule has 0 aliphatic carbocycles. The van der Waals surface area contributed by atoms with Crippen LogP contribution >= 0.6 is 0 Å². The normalized spacial score (nSPS) is 7.46. The number of unbranched alkanes of at least 4 members (excludes halogenated alkanes) is 1. The number of ether oxygens (including phenoxy) is 1. The fourth-order valence-corrected chi connectivity index (χ4v) is 0.394. The number of hydrogen-bond acceptors (Lipinski definition) is 2. The topological polar surface area (TPSA) is 26.3 Å². The maximum Gasteiger partial charge on any atom is 0.177 e. The zero-order chi connectivity index (χ0) is 10.5. The van der Waals surface area contributed by atoms with Crippen LogP contribution in [0.2, 0.25) is 0 Å². The molecule has 0 spiro atoms. The van der Waals surface area contributed by atoms with Crippen LogP contribution in [0.25, 0.3) is 0 Å². The van der Waals surface area contributed by atoms with Gasteiger partial charge in [0.25, 0.3) is 0 Å².